The van der Waals surface area contributed by atoms with Crippen LogP contribution in [0, 0.1) is 0 Å². The molecular weight excluding hydrogens is 290 g/mol. The molecule has 0 aliphatic heterocycles. The summed E-state index contributed by atoms with van der Waals surface area (Å²) in [5.41, 5.74) is 5.61. The lowest BCUT2D eigenvalue weighted by Gasteiger charge is -2.07. The third-order valence-corrected chi connectivity index (χ3v) is 3.99. The smallest absolute Gasteiger partial charge is 0.341 e. The van der Waals surface area contributed by atoms with Crippen LogP contribution in [0.2, 0.25) is 0 Å². The maximum absolute atomic E-state index is 12.3. The first-order valence-corrected chi connectivity index (χ1v) is 7.53. The molecule has 0 unspecified atom stereocenters. The number of halogens is 2. The number of carbonyl (C=O) groups is 1. The van der Waals surface area contributed by atoms with Crippen molar-refractivity contribution in [3.8, 4) is 0 Å². The van der Waals surface area contributed by atoms with Crippen molar-refractivity contribution in [2.45, 2.75) is 29.9 Å². The molecule has 8 heteroatoms. The normalized spacial score (nSPS) is 11.6. The van der Waals surface area contributed by atoms with Crippen molar-refractivity contribution in [1.29, 1.82) is 0 Å². The molecule has 0 saturated heterocycles. The van der Waals surface area contributed by atoms with Gasteiger partial charge in [-0.05, 0) is 37.1 Å². The molecule has 20 heavy (non-hydrogen) atoms. The van der Waals surface area contributed by atoms with Crippen molar-refractivity contribution < 1.29 is 22.0 Å². The van der Waals surface area contributed by atoms with E-state index in [-0.39, 0.29) is 5.91 Å². The Kier molecular flexibility index (Phi) is 5.87. The molecule has 0 radical (unpaired) electrons. The quantitative estimate of drug-likeness (QED) is 0.716. The summed E-state index contributed by atoms with van der Waals surface area (Å²) in [4.78, 5) is 10.1. The monoisotopic (exact) mass is 306 g/mol. The molecule has 0 aliphatic rings. The summed E-state index contributed by atoms with van der Waals surface area (Å²) in [6.45, 7) is 0.578. The second kappa shape index (κ2) is 7.18. The second-order valence-corrected chi connectivity index (χ2v) is 6.10. The highest BCUT2D eigenvalue weighted by Gasteiger charge is 2.26. The number of sulfone groups is 1. The minimum Gasteiger partial charge on any atom is -0.385 e. The SMILES string of the molecule is NC(=O)CCCCNc1ccc(S(=O)(=O)C(F)F)cc1. The molecule has 5 nitrogen and oxygen atoms in total. The number of nitrogens with one attached hydrogen (secondary N) is 1. The minimum absolute atomic E-state index is 0.313. The van der Waals surface area contributed by atoms with Gasteiger partial charge in [0.2, 0.25) is 15.7 Å². The van der Waals surface area contributed by atoms with Crippen molar-refractivity contribution >= 4 is 21.4 Å². The van der Waals surface area contributed by atoms with E-state index in [1.165, 1.54) is 12.1 Å². The molecule has 1 amide bonds. The number of rotatable bonds is 8. The predicted octanol–water partition coefficient (Wildman–Crippen LogP) is 1.75. The molecule has 1 rings (SSSR count). The standard InChI is InChI=1S/C12H16F2N2O3S/c13-12(14)20(18,19)10-6-4-9(5-7-10)16-8-2-1-3-11(15)17/h4-7,12,16H,1-3,8H2,(H2,15,17). The van der Waals surface area contributed by atoms with Crippen LogP contribution in [0.1, 0.15) is 19.3 Å². The van der Waals surface area contributed by atoms with Gasteiger partial charge in [0.25, 0.3) is 0 Å². The van der Waals surface area contributed by atoms with E-state index in [1.807, 2.05) is 0 Å². The fourth-order valence-corrected chi connectivity index (χ4v) is 2.24. The number of primary amides is 1. The predicted molar refractivity (Wildman–Crippen MR) is 71.2 cm³/mol. The van der Waals surface area contributed by atoms with E-state index in [0.29, 0.717) is 25.1 Å². The zero-order valence-corrected chi connectivity index (χ0v) is 11.5. The second-order valence-electron chi connectivity index (χ2n) is 4.18. The van der Waals surface area contributed by atoms with Gasteiger partial charge in [0.1, 0.15) is 0 Å². The Morgan fingerprint density at radius 1 is 1.20 bits per heavy atom. The van der Waals surface area contributed by atoms with Crippen LogP contribution in [-0.2, 0) is 14.6 Å². The van der Waals surface area contributed by atoms with E-state index in [0.717, 1.165) is 18.6 Å². The number of amides is 1. The van der Waals surface area contributed by atoms with Crippen molar-refractivity contribution in [2.75, 3.05) is 11.9 Å². The van der Waals surface area contributed by atoms with Crippen LogP contribution in [0.4, 0.5) is 14.5 Å². The molecule has 0 heterocycles. The van der Waals surface area contributed by atoms with Gasteiger partial charge in [0.15, 0.2) is 0 Å². The minimum atomic E-state index is -4.54. The summed E-state index contributed by atoms with van der Waals surface area (Å²) in [5.74, 6) is -3.78. The Balaban J connectivity index is 2.49. The van der Waals surface area contributed by atoms with Crippen molar-refractivity contribution in [2.24, 2.45) is 5.73 Å². The number of carbonyl (C=O) groups excluding carboxylic acids is 1. The topological polar surface area (TPSA) is 89.3 Å². The number of unbranched alkanes of at least 4 members (excludes halogenated alkanes) is 1. The van der Waals surface area contributed by atoms with E-state index in [1.54, 1.807) is 0 Å². The fraction of sp³-hybridized carbons (Fsp3) is 0.417. The van der Waals surface area contributed by atoms with Crippen LogP contribution in [0.25, 0.3) is 0 Å². The molecule has 0 bridgehead atoms. The number of anilines is 1. The maximum atomic E-state index is 12.3. The van der Waals surface area contributed by atoms with Crippen LogP contribution in [0.3, 0.4) is 0 Å². The van der Waals surface area contributed by atoms with Crippen molar-refractivity contribution in [3.05, 3.63) is 24.3 Å². The Bertz CT molecular complexity index is 544. The Hall–Kier alpha value is -1.70. The number of nitrogens with two attached hydrogens (primary N) is 1. The van der Waals surface area contributed by atoms with E-state index in [9.17, 15) is 22.0 Å². The maximum Gasteiger partial charge on any atom is 0.341 e. The number of hydrogen-bond acceptors (Lipinski definition) is 4. The fourth-order valence-electron chi connectivity index (χ4n) is 1.52. The largest absolute Gasteiger partial charge is 0.385 e. The average molecular weight is 306 g/mol. The molecule has 0 aliphatic carbocycles. The lowest BCUT2D eigenvalue weighted by molar-refractivity contribution is -0.118. The van der Waals surface area contributed by atoms with Gasteiger partial charge in [-0.1, -0.05) is 0 Å². The number of hydrogen-bond donors (Lipinski definition) is 2. The molecule has 3 N–H and O–H groups in total. The van der Waals surface area contributed by atoms with Crippen LogP contribution in [0.15, 0.2) is 29.2 Å². The molecule has 1 aromatic carbocycles. The zero-order chi connectivity index (χ0) is 15.2. The highest BCUT2D eigenvalue weighted by atomic mass is 32.2. The van der Waals surface area contributed by atoms with Gasteiger partial charge < -0.3 is 11.1 Å². The van der Waals surface area contributed by atoms with E-state index < -0.39 is 20.5 Å². The van der Waals surface area contributed by atoms with Gasteiger partial charge >= 0.3 is 5.76 Å². The molecule has 0 spiro atoms. The molecule has 0 saturated carbocycles. The summed E-state index contributed by atoms with van der Waals surface area (Å²) >= 11 is 0. The van der Waals surface area contributed by atoms with Crippen molar-refractivity contribution in [3.63, 3.8) is 0 Å². The Labute approximate surface area is 116 Å². The van der Waals surface area contributed by atoms with E-state index in [4.69, 9.17) is 5.73 Å². The van der Waals surface area contributed by atoms with Gasteiger partial charge in [-0.15, -0.1) is 0 Å². The third kappa shape index (κ3) is 4.76. The summed E-state index contributed by atoms with van der Waals surface area (Å²) in [6.07, 6.45) is 1.69. The number of benzene rings is 1. The summed E-state index contributed by atoms with van der Waals surface area (Å²) in [7, 11) is -4.54. The highest BCUT2D eigenvalue weighted by molar-refractivity contribution is 7.91. The zero-order valence-electron chi connectivity index (χ0n) is 10.7. The summed E-state index contributed by atoms with van der Waals surface area (Å²) in [6, 6.07) is 5.10. The van der Waals surface area contributed by atoms with Crippen LogP contribution in [-0.4, -0.2) is 26.6 Å². The number of alkyl halides is 2. The molecule has 0 atom stereocenters. The van der Waals surface area contributed by atoms with Crippen LogP contribution in [0.5, 0.6) is 0 Å². The summed E-state index contributed by atoms with van der Waals surface area (Å²) < 4.78 is 47.0. The molecule has 0 aromatic heterocycles. The van der Waals surface area contributed by atoms with Gasteiger partial charge in [-0.2, -0.15) is 8.78 Å². The van der Waals surface area contributed by atoms with Gasteiger partial charge in [-0.3, -0.25) is 4.79 Å². The first-order valence-electron chi connectivity index (χ1n) is 5.98. The Morgan fingerprint density at radius 2 is 1.80 bits per heavy atom. The lowest BCUT2D eigenvalue weighted by Crippen LogP contribution is -2.12. The van der Waals surface area contributed by atoms with Gasteiger partial charge in [-0.25, -0.2) is 8.42 Å². The Morgan fingerprint density at radius 3 is 2.30 bits per heavy atom. The molecular formula is C12H16F2N2O3S. The average Bonchev–Trinajstić information content (AvgIpc) is 2.38. The highest BCUT2D eigenvalue weighted by Crippen LogP contribution is 2.20. The lowest BCUT2D eigenvalue weighted by atomic mass is 10.2. The van der Waals surface area contributed by atoms with Crippen molar-refractivity contribution in [1.82, 2.24) is 0 Å². The van der Waals surface area contributed by atoms with Crippen LogP contribution >= 0.6 is 0 Å². The van der Waals surface area contributed by atoms with E-state index >= 15 is 0 Å². The van der Waals surface area contributed by atoms with Gasteiger partial charge in [0.05, 0.1) is 4.90 Å². The first-order chi connectivity index (χ1) is 9.34. The first kappa shape index (κ1) is 16.4. The van der Waals surface area contributed by atoms with Crippen LogP contribution < -0.4 is 11.1 Å². The summed E-state index contributed by atoms with van der Waals surface area (Å²) in [5, 5.41) is 2.99. The van der Waals surface area contributed by atoms with E-state index in [2.05, 4.69) is 5.32 Å². The van der Waals surface area contributed by atoms with Gasteiger partial charge in [0, 0.05) is 18.7 Å². The third-order valence-electron chi connectivity index (χ3n) is 2.60. The molecule has 0 fully saturated rings. The molecule has 1 aromatic rings. The molecule has 112 valence electrons.